The summed E-state index contributed by atoms with van der Waals surface area (Å²) in [4.78, 5) is 12.1. The average Bonchev–Trinajstić information content (AvgIpc) is 2.46. The van der Waals surface area contributed by atoms with Gasteiger partial charge in [0.1, 0.15) is 5.54 Å². The second-order valence-corrected chi connectivity index (χ2v) is 5.06. The summed E-state index contributed by atoms with van der Waals surface area (Å²) in [5.74, 6) is -0.411. The van der Waals surface area contributed by atoms with Gasteiger partial charge in [0.15, 0.2) is 0 Å². The van der Waals surface area contributed by atoms with Gasteiger partial charge in [-0.3, -0.25) is 4.79 Å². The van der Waals surface area contributed by atoms with E-state index in [0.717, 1.165) is 11.3 Å². The van der Waals surface area contributed by atoms with Crippen LogP contribution in [0.4, 0.5) is 5.69 Å². The highest BCUT2D eigenvalue weighted by Crippen LogP contribution is 2.30. The van der Waals surface area contributed by atoms with Gasteiger partial charge in [0, 0.05) is 10.7 Å². The standard InChI is InChI=1S/C16H17ClN2O/c1-2-16(15(18)20,12-8-10-13(17)11-9-12)19-14-6-4-3-5-7-14/h3-11,19H,2H2,1H3,(H2,18,20). The van der Waals surface area contributed by atoms with Crippen LogP contribution in [0.25, 0.3) is 0 Å². The van der Waals surface area contributed by atoms with Gasteiger partial charge in [0.05, 0.1) is 0 Å². The van der Waals surface area contributed by atoms with Gasteiger partial charge in [-0.05, 0) is 36.2 Å². The molecule has 2 aromatic rings. The molecular formula is C16H17ClN2O. The molecule has 2 aromatic carbocycles. The molecule has 0 spiro atoms. The van der Waals surface area contributed by atoms with Crippen LogP contribution in [0.1, 0.15) is 18.9 Å². The van der Waals surface area contributed by atoms with Gasteiger partial charge >= 0.3 is 0 Å². The third-order valence-electron chi connectivity index (χ3n) is 3.42. The summed E-state index contributed by atoms with van der Waals surface area (Å²) < 4.78 is 0. The second kappa shape index (κ2) is 5.97. The fourth-order valence-corrected chi connectivity index (χ4v) is 2.37. The number of benzene rings is 2. The van der Waals surface area contributed by atoms with E-state index in [1.54, 1.807) is 12.1 Å². The van der Waals surface area contributed by atoms with E-state index in [0.29, 0.717) is 11.4 Å². The van der Waals surface area contributed by atoms with Gasteiger partial charge in [-0.2, -0.15) is 0 Å². The largest absolute Gasteiger partial charge is 0.368 e. The molecule has 0 saturated carbocycles. The fourth-order valence-electron chi connectivity index (χ4n) is 2.25. The molecule has 0 heterocycles. The smallest absolute Gasteiger partial charge is 0.247 e. The van der Waals surface area contributed by atoms with Gasteiger partial charge in [-0.15, -0.1) is 0 Å². The highest BCUT2D eigenvalue weighted by molar-refractivity contribution is 6.30. The summed E-state index contributed by atoms with van der Waals surface area (Å²) in [6.07, 6.45) is 0.541. The number of carbonyl (C=O) groups excluding carboxylic acids is 1. The molecule has 1 atom stereocenters. The molecule has 0 saturated heterocycles. The maximum Gasteiger partial charge on any atom is 0.247 e. The Bertz CT molecular complexity index is 583. The van der Waals surface area contributed by atoms with E-state index >= 15 is 0 Å². The minimum Gasteiger partial charge on any atom is -0.368 e. The Morgan fingerprint density at radius 2 is 1.75 bits per heavy atom. The lowest BCUT2D eigenvalue weighted by atomic mass is 9.86. The fraction of sp³-hybridized carbons (Fsp3) is 0.188. The summed E-state index contributed by atoms with van der Waals surface area (Å²) in [5.41, 5.74) is 6.38. The Kier molecular flexibility index (Phi) is 4.30. The summed E-state index contributed by atoms with van der Waals surface area (Å²) in [6.45, 7) is 1.93. The predicted octanol–water partition coefficient (Wildman–Crippen LogP) is 3.54. The summed E-state index contributed by atoms with van der Waals surface area (Å²) in [7, 11) is 0. The molecular weight excluding hydrogens is 272 g/mol. The number of hydrogen-bond acceptors (Lipinski definition) is 2. The number of carbonyl (C=O) groups is 1. The highest BCUT2D eigenvalue weighted by atomic mass is 35.5. The molecule has 20 heavy (non-hydrogen) atoms. The first-order valence-corrected chi connectivity index (χ1v) is 6.85. The van der Waals surface area contributed by atoms with E-state index in [-0.39, 0.29) is 0 Å². The summed E-state index contributed by atoms with van der Waals surface area (Å²) >= 11 is 5.91. The Balaban J connectivity index is 2.45. The molecule has 1 amide bonds. The van der Waals surface area contributed by atoms with Gasteiger partial charge in [0.2, 0.25) is 5.91 Å². The van der Waals surface area contributed by atoms with Crippen LogP contribution in [0.3, 0.4) is 0 Å². The van der Waals surface area contributed by atoms with Crippen molar-refractivity contribution < 1.29 is 4.79 Å². The minimum absolute atomic E-state index is 0.411. The van der Waals surface area contributed by atoms with Crippen molar-refractivity contribution >= 4 is 23.2 Å². The molecule has 104 valence electrons. The molecule has 1 unspecified atom stereocenters. The van der Waals surface area contributed by atoms with Crippen molar-refractivity contribution in [3.05, 3.63) is 65.2 Å². The molecule has 0 aliphatic rings. The number of anilines is 1. The highest BCUT2D eigenvalue weighted by Gasteiger charge is 2.36. The maximum atomic E-state index is 12.1. The minimum atomic E-state index is -0.939. The van der Waals surface area contributed by atoms with Crippen LogP contribution in [-0.4, -0.2) is 5.91 Å². The quantitative estimate of drug-likeness (QED) is 0.884. The van der Waals surface area contributed by atoms with E-state index < -0.39 is 11.4 Å². The van der Waals surface area contributed by atoms with Crippen molar-refractivity contribution in [3.63, 3.8) is 0 Å². The van der Waals surface area contributed by atoms with Crippen molar-refractivity contribution in [2.45, 2.75) is 18.9 Å². The van der Waals surface area contributed by atoms with Crippen LogP contribution in [0.5, 0.6) is 0 Å². The first kappa shape index (κ1) is 14.4. The second-order valence-electron chi connectivity index (χ2n) is 4.62. The number of nitrogens with two attached hydrogens (primary N) is 1. The van der Waals surface area contributed by atoms with E-state index in [2.05, 4.69) is 5.32 Å². The number of rotatable bonds is 5. The van der Waals surface area contributed by atoms with E-state index in [1.165, 1.54) is 0 Å². The van der Waals surface area contributed by atoms with Crippen LogP contribution in [-0.2, 0) is 10.3 Å². The normalized spacial score (nSPS) is 13.5. The lowest BCUT2D eigenvalue weighted by Crippen LogP contribution is -2.47. The molecule has 0 fully saturated rings. The number of amides is 1. The Hall–Kier alpha value is -2.00. The first-order chi connectivity index (χ1) is 9.58. The van der Waals surface area contributed by atoms with Gasteiger partial charge in [0.25, 0.3) is 0 Å². The Morgan fingerprint density at radius 1 is 1.15 bits per heavy atom. The van der Waals surface area contributed by atoms with E-state index in [9.17, 15) is 4.79 Å². The number of nitrogens with one attached hydrogen (secondary N) is 1. The third kappa shape index (κ3) is 2.78. The zero-order chi connectivity index (χ0) is 14.6. The molecule has 2 rings (SSSR count). The predicted molar refractivity (Wildman–Crippen MR) is 82.7 cm³/mol. The van der Waals surface area contributed by atoms with Crippen LogP contribution >= 0.6 is 11.6 Å². The molecule has 0 aliphatic carbocycles. The monoisotopic (exact) mass is 288 g/mol. The number of halogens is 1. The van der Waals surface area contributed by atoms with Gasteiger partial charge in [-0.1, -0.05) is 48.9 Å². The van der Waals surface area contributed by atoms with Crippen molar-refractivity contribution in [2.75, 3.05) is 5.32 Å². The van der Waals surface area contributed by atoms with Crippen molar-refractivity contribution in [2.24, 2.45) is 5.73 Å². The number of para-hydroxylation sites is 1. The van der Waals surface area contributed by atoms with Crippen LogP contribution in [0, 0.1) is 0 Å². The van der Waals surface area contributed by atoms with Crippen LogP contribution in [0.15, 0.2) is 54.6 Å². The number of primary amides is 1. The molecule has 3 nitrogen and oxygen atoms in total. The summed E-state index contributed by atoms with van der Waals surface area (Å²) in [6, 6.07) is 16.7. The van der Waals surface area contributed by atoms with Gasteiger partial charge in [-0.25, -0.2) is 0 Å². The van der Waals surface area contributed by atoms with Crippen molar-refractivity contribution in [1.29, 1.82) is 0 Å². The molecule has 0 bridgehead atoms. The molecule has 4 heteroatoms. The molecule has 0 radical (unpaired) electrons. The van der Waals surface area contributed by atoms with Crippen LogP contribution in [0.2, 0.25) is 5.02 Å². The zero-order valence-electron chi connectivity index (χ0n) is 11.3. The van der Waals surface area contributed by atoms with Crippen molar-refractivity contribution in [3.8, 4) is 0 Å². The zero-order valence-corrected chi connectivity index (χ0v) is 12.0. The van der Waals surface area contributed by atoms with Gasteiger partial charge < -0.3 is 11.1 Å². The lowest BCUT2D eigenvalue weighted by Gasteiger charge is -2.32. The Morgan fingerprint density at radius 3 is 2.25 bits per heavy atom. The van der Waals surface area contributed by atoms with E-state index in [4.69, 9.17) is 17.3 Å². The maximum absolute atomic E-state index is 12.1. The average molecular weight is 289 g/mol. The third-order valence-corrected chi connectivity index (χ3v) is 3.67. The Labute approximate surface area is 123 Å². The van der Waals surface area contributed by atoms with E-state index in [1.807, 2.05) is 49.4 Å². The van der Waals surface area contributed by atoms with Crippen LogP contribution < -0.4 is 11.1 Å². The summed E-state index contributed by atoms with van der Waals surface area (Å²) in [5, 5.41) is 3.89. The first-order valence-electron chi connectivity index (χ1n) is 6.47. The molecule has 0 aliphatic heterocycles. The number of hydrogen-bond donors (Lipinski definition) is 2. The lowest BCUT2D eigenvalue weighted by molar-refractivity contribution is -0.122. The molecule has 0 aromatic heterocycles. The topological polar surface area (TPSA) is 55.1 Å². The van der Waals surface area contributed by atoms with Crippen molar-refractivity contribution in [1.82, 2.24) is 0 Å². The molecule has 3 N–H and O–H groups in total. The SMILES string of the molecule is CCC(Nc1ccccc1)(C(N)=O)c1ccc(Cl)cc1.